The number of benzene rings is 2. The zero-order chi connectivity index (χ0) is 24.8. The van der Waals surface area contributed by atoms with Gasteiger partial charge < -0.3 is 19.0 Å². The molecule has 1 aliphatic carbocycles. The standard InChI is InChI=1S/C26H27ClN2O6/c1-17-23(28-25(34-17)19-9-11-20(27)12-10-19)16-33-22-8-4-5-18(13-22)14-29(15-24(30)31)26(32)35-21-6-2-3-7-21/h4-5,8-13,21H,2-3,6-7,14-16H2,1H3,(H,30,31). The molecule has 0 aliphatic heterocycles. The summed E-state index contributed by atoms with van der Waals surface area (Å²) >= 11 is 5.95. The van der Waals surface area contributed by atoms with E-state index < -0.39 is 18.6 Å². The summed E-state index contributed by atoms with van der Waals surface area (Å²) in [6.45, 7) is 1.66. The van der Waals surface area contributed by atoms with Gasteiger partial charge in [0, 0.05) is 17.1 Å². The number of aliphatic carboxylic acids is 1. The summed E-state index contributed by atoms with van der Waals surface area (Å²) in [6.07, 6.45) is 2.91. The first kappa shape index (κ1) is 24.6. The predicted octanol–water partition coefficient (Wildman–Crippen LogP) is 5.85. The summed E-state index contributed by atoms with van der Waals surface area (Å²) < 4.78 is 17.2. The molecular formula is C26H27ClN2O6. The van der Waals surface area contributed by atoms with Gasteiger partial charge in [0.15, 0.2) is 0 Å². The molecule has 1 N–H and O–H groups in total. The molecule has 0 bridgehead atoms. The van der Waals surface area contributed by atoms with E-state index in [0.29, 0.717) is 28.1 Å². The molecule has 0 saturated heterocycles. The van der Waals surface area contributed by atoms with Gasteiger partial charge in [-0.25, -0.2) is 9.78 Å². The van der Waals surface area contributed by atoms with Crippen LogP contribution in [0.2, 0.25) is 5.02 Å². The molecule has 35 heavy (non-hydrogen) atoms. The van der Waals surface area contributed by atoms with E-state index in [2.05, 4.69) is 4.98 Å². The van der Waals surface area contributed by atoms with Crippen LogP contribution >= 0.6 is 11.6 Å². The highest BCUT2D eigenvalue weighted by Crippen LogP contribution is 2.25. The van der Waals surface area contributed by atoms with E-state index in [1.54, 1.807) is 30.3 Å². The molecule has 2 aromatic carbocycles. The van der Waals surface area contributed by atoms with Crippen LogP contribution in [0.4, 0.5) is 4.79 Å². The summed E-state index contributed by atoms with van der Waals surface area (Å²) in [4.78, 5) is 29.6. The number of carbonyl (C=O) groups excluding carboxylic acids is 1. The molecule has 0 spiro atoms. The van der Waals surface area contributed by atoms with E-state index >= 15 is 0 Å². The zero-order valence-electron chi connectivity index (χ0n) is 19.4. The maximum Gasteiger partial charge on any atom is 0.410 e. The van der Waals surface area contributed by atoms with Gasteiger partial charge in [0.2, 0.25) is 5.89 Å². The van der Waals surface area contributed by atoms with E-state index in [9.17, 15) is 14.7 Å². The normalized spacial score (nSPS) is 13.5. The van der Waals surface area contributed by atoms with Crippen molar-refractivity contribution in [3.63, 3.8) is 0 Å². The molecule has 0 unspecified atom stereocenters. The second-order valence-corrected chi connectivity index (χ2v) is 8.94. The number of nitrogens with zero attached hydrogens (tertiary/aromatic N) is 2. The molecule has 1 aliphatic rings. The molecule has 1 saturated carbocycles. The van der Waals surface area contributed by atoms with Crippen LogP contribution in [0.5, 0.6) is 5.75 Å². The van der Waals surface area contributed by atoms with Crippen molar-refractivity contribution in [3.05, 3.63) is 70.6 Å². The highest BCUT2D eigenvalue weighted by atomic mass is 35.5. The number of ether oxygens (including phenoxy) is 2. The third-order valence-electron chi connectivity index (χ3n) is 5.79. The second kappa shape index (κ2) is 11.3. The van der Waals surface area contributed by atoms with Gasteiger partial charge in [-0.1, -0.05) is 23.7 Å². The van der Waals surface area contributed by atoms with Crippen LogP contribution < -0.4 is 4.74 Å². The van der Waals surface area contributed by atoms with E-state index in [4.69, 9.17) is 25.5 Å². The number of carboxylic acids is 1. The van der Waals surface area contributed by atoms with Gasteiger partial charge in [-0.15, -0.1) is 0 Å². The number of hydrogen-bond donors (Lipinski definition) is 1. The average molecular weight is 499 g/mol. The molecule has 8 nitrogen and oxygen atoms in total. The largest absolute Gasteiger partial charge is 0.487 e. The van der Waals surface area contributed by atoms with Crippen LogP contribution in [0.25, 0.3) is 11.5 Å². The van der Waals surface area contributed by atoms with Crippen molar-refractivity contribution in [2.45, 2.75) is 51.9 Å². The van der Waals surface area contributed by atoms with Gasteiger partial charge in [0.1, 0.15) is 36.5 Å². The molecule has 3 aromatic rings. The average Bonchev–Trinajstić information content (AvgIpc) is 3.47. The van der Waals surface area contributed by atoms with Crippen molar-refractivity contribution >= 4 is 23.7 Å². The molecule has 1 amide bonds. The Kier molecular flexibility index (Phi) is 7.92. The number of oxazole rings is 1. The quantitative estimate of drug-likeness (QED) is 0.395. The molecule has 184 valence electrons. The van der Waals surface area contributed by atoms with Gasteiger partial charge in [0.05, 0.1) is 0 Å². The first-order valence-electron chi connectivity index (χ1n) is 11.5. The van der Waals surface area contributed by atoms with Crippen LogP contribution in [0, 0.1) is 6.92 Å². The van der Waals surface area contributed by atoms with E-state index in [1.807, 2.05) is 25.1 Å². The first-order valence-corrected chi connectivity index (χ1v) is 11.9. The third kappa shape index (κ3) is 6.76. The fourth-order valence-electron chi connectivity index (χ4n) is 3.96. The lowest BCUT2D eigenvalue weighted by molar-refractivity contribution is -0.138. The van der Waals surface area contributed by atoms with Crippen LogP contribution in [0.3, 0.4) is 0 Å². The van der Waals surface area contributed by atoms with Crippen LogP contribution in [-0.4, -0.2) is 39.7 Å². The van der Waals surface area contributed by atoms with Crippen molar-refractivity contribution in [2.24, 2.45) is 0 Å². The van der Waals surface area contributed by atoms with Gasteiger partial charge >= 0.3 is 12.1 Å². The Bertz CT molecular complexity index is 1170. The Morgan fingerprint density at radius 3 is 2.63 bits per heavy atom. The van der Waals surface area contributed by atoms with E-state index in [0.717, 1.165) is 36.8 Å². The lowest BCUT2D eigenvalue weighted by atomic mass is 10.2. The number of amides is 1. The minimum absolute atomic E-state index is 0.0960. The van der Waals surface area contributed by atoms with Crippen molar-refractivity contribution < 1.29 is 28.6 Å². The first-order chi connectivity index (χ1) is 16.9. The number of carboxylic acid groups (broad SMARTS) is 1. The van der Waals surface area contributed by atoms with Gasteiger partial charge in [-0.05, 0) is 74.6 Å². The maximum atomic E-state index is 12.6. The number of hydrogen-bond acceptors (Lipinski definition) is 6. The van der Waals surface area contributed by atoms with Crippen molar-refractivity contribution in [1.29, 1.82) is 0 Å². The number of carbonyl (C=O) groups is 2. The minimum atomic E-state index is -1.10. The maximum absolute atomic E-state index is 12.6. The molecule has 1 fully saturated rings. The summed E-state index contributed by atoms with van der Waals surface area (Å²) in [5.74, 6) is 0.598. The van der Waals surface area contributed by atoms with Crippen molar-refractivity contribution in [3.8, 4) is 17.2 Å². The number of aryl methyl sites for hydroxylation is 1. The highest BCUT2D eigenvalue weighted by molar-refractivity contribution is 6.30. The van der Waals surface area contributed by atoms with Crippen LogP contribution in [-0.2, 0) is 22.7 Å². The van der Waals surface area contributed by atoms with Crippen LogP contribution in [0.1, 0.15) is 42.7 Å². The monoisotopic (exact) mass is 498 g/mol. The molecule has 1 heterocycles. The Morgan fingerprint density at radius 2 is 1.91 bits per heavy atom. The van der Waals surface area contributed by atoms with Crippen molar-refractivity contribution in [2.75, 3.05) is 6.54 Å². The fraction of sp³-hybridized carbons (Fsp3) is 0.346. The Labute approximate surface area is 208 Å². The molecule has 9 heteroatoms. The number of rotatable bonds is 9. The molecular weight excluding hydrogens is 472 g/mol. The molecule has 4 rings (SSSR count). The van der Waals surface area contributed by atoms with E-state index in [-0.39, 0.29) is 19.3 Å². The Balaban J connectivity index is 1.40. The van der Waals surface area contributed by atoms with Gasteiger partial charge in [-0.3, -0.25) is 9.69 Å². The topological polar surface area (TPSA) is 102 Å². The minimum Gasteiger partial charge on any atom is -0.487 e. The summed E-state index contributed by atoms with van der Waals surface area (Å²) in [7, 11) is 0. The van der Waals surface area contributed by atoms with Gasteiger partial charge in [0.25, 0.3) is 0 Å². The number of aromatic nitrogens is 1. The Morgan fingerprint density at radius 1 is 1.17 bits per heavy atom. The Hall–Kier alpha value is -3.52. The second-order valence-electron chi connectivity index (χ2n) is 8.50. The fourth-order valence-corrected chi connectivity index (χ4v) is 4.08. The summed E-state index contributed by atoms with van der Waals surface area (Å²) in [5, 5.41) is 9.90. The number of halogens is 1. The molecule has 0 radical (unpaired) electrons. The zero-order valence-corrected chi connectivity index (χ0v) is 20.2. The van der Waals surface area contributed by atoms with Crippen molar-refractivity contribution in [1.82, 2.24) is 9.88 Å². The highest BCUT2D eigenvalue weighted by Gasteiger charge is 2.25. The molecule has 0 atom stereocenters. The smallest absolute Gasteiger partial charge is 0.410 e. The lowest BCUT2D eigenvalue weighted by Crippen LogP contribution is -2.37. The van der Waals surface area contributed by atoms with Crippen LogP contribution in [0.15, 0.2) is 52.9 Å². The SMILES string of the molecule is Cc1oc(-c2ccc(Cl)cc2)nc1COc1cccc(CN(CC(=O)O)C(=O)OC2CCCC2)c1. The van der Waals surface area contributed by atoms with E-state index in [1.165, 1.54) is 4.90 Å². The summed E-state index contributed by atoms with van der Waals surface area (Å²) in [6, 6.07) is 14.4. The summed E-state index contributed by atoms with van der Waals surface area (Å²) in [5.41, 5.74) is 2.20. The lowest BCUT2D eigenvalue weighted by Gasteiger charge is -2.23. The predicted molar refractivity (Wildman–Crippen MR) is 129 cm³/mol. The van der Waals surface area contributed by atoms with Gasteiger partial charge in [-0.2, -0.15) is 0 Å². The molecule has 1 aromatic heterocycles. The third-order valence-corrected chi connectivity index (χ3v) is 6.04.